The smallest absolute Gasteiger partial charge is 0.268 e. The first kappa shape index (κ1) is 18.5. The molecule has 0 bridgehead atoms. The van der Waals surface area contributed by atoms with Crippen LogP contribution in [0.4, 0.5) is 5.95 Å². The van der Waals surface area contributed by atoms with Crippen LogP contribution in [0.25, 0.3) is 15.9 Å². The molecule has 0 saturated carbocycles. The molecule has 0 unspecified atom stereocenters. The van der Waals surface area contributed by atoms with Crippen LogP contribution in [0.5, 0.6) is 0 Å². The molecule has 7 heteroatoms. The lowest BCUT2D eigenvalue weighted by Gasteiger charge is -2.14. The van der Waals surface area contributed by atoms with E-state index in [1.54, 1.807) is 28.0 Å². The van der Waals surface area contributed by atoms with Gasteiger partial charge in [-0.05, 0) is 55.9 Å². The van der Waals surface area contributed by atoms with Gasteiger partial charge in [-0.1, -0.05) is 24.1 Å². The second-order valence-electron chi connectivity index (χ2n) is 6.80. The fraction of sp³-hybridized carbons (Fsp3) is 0.400. The van der Waals surface area contributed by atoms with E-state index < -0.39 is 0 Å². The predicted octanol–water partition coefficient (Wildman–Crippen LogP) is 4.16. The quantitative estimate of drug-likeness (QED) is 0.495. The van der Waals surface area contributed by atoms with Crippen LogP contribution in [0.3, 0.4) is 0 Å². The van der Waals surface area contributed by atoms with Crippen molar-refractivity contribution >= 4 is 39.1 Å². The summed E-state index contributed by atoms with van der Waals surface area (Å²) in [6, 6.07) is 7.26. The molecule has 142 valence electrons. The number of hydrogen-bond donors (Lipinski definition) is 2. The topological polar surface area (TPSA) is 67.2 Å². The summed E-state index contributed by atoms with van der Waals surface area (Å²) in [5, 5.41) is 13.6. The number of aryl methyl sites for hydroxylation is 2. The van der Waals surface area contributed by atoms with E-state index in [1.807, 2.05) is 12.1 Å². The maximum atomic E-state index is 13.5. The molecule has 1 aromatic carbocycles. The first-order valence-electron chi connectivity index (χ1n) is 9.37. The summed E-state index contributed by atoms with van der Waals surface area (Å²) in [5.41, 5.74) is 1.83. The van der Waals surface area contributed by atoms with Gasteiger partial charge >= 0.3 is 0 Å². The summed E-state index contributed by atoms with van der Waals surface area (Å²) in [7, 11) is 0. The Morgan fingerprint density at radius 1 is 1.26 bits per heavy atom. The van der Waals surface area contributed by atoms with Crippen molar-refractivity contribution in [2.24, 2.45) is 0 Å². The SMILES string of the molecule is O=c1c2c3c(sc2nc(NCCCO)n1-c1cccc(Cl)c1)CCCCC3. The fourth-order valence-electron chi connectivity index (χ4n) is 3.63. The third-order valence-electron chi connectivity index (χ3n) is 4.92. The van der Waals surface area contributed by atoms with Gasteiger partial charge in [-0.25, -0.2) is 9.55 Å². The number of hydrogen-bond acceptors (Lipinski definition) is 5. The molecule has 4 rings (SSSR count). The highest BCUT2D eigenvalue weighted by atomic mass is 35.5. The highest BCUT2D eigenvalue weighted by Gasteiger charge is 2.22. The number of aliphatic hydroxyl groups is 1. The van der Waals surface area contributed by atoms with Crippen molar-refractivity contribution in [3.8, 4) is 5.69 Å². The van der Waals surface area contributed by atoms with Gasteiger partial charge in [0.05, 0.1) is 11.1 Å². The number of thiophene rings is 1. The second kappa shape index (κ2) is 8.00. The highest BCUT2D eigenvalue weighted by Crippen LogP contribution is 2.34. The number of fused-ring (bicyclic) bond motifs is 3. The molecule has 0 saturated heterocycles. The van der Waals surface area contributed by atoms with Crippen LogP contribution in [0.2, 0.25) is 5.02 Å². The zero-order valence-electron chi connectivity index (χ0n) is 15.0. The predicted molar refractivity (Wildman–Crippen MR) is 112 cm³/mol. The van der Waals surface area contributed by atoms with E-state index >= 15 is 0 Å². The third kappa shape index (κ3) is 3.61. The van der Waals surface area contributed by atoms with Gasteiger partial charge in [0.2, 0.25) is 5.95 Å². The van der Waals surface area contributed by atoms with Gasteiger partial charge in [-0.3, -0.25) is 4.79 Å². The Morgan fingerprint density at radius 2 is 2.11 bits per heavy atom. The lowest BCUT2D eigenvalue weighted by atomic mass is 10.1. The van der Waals surface area contributed by atoms with Crippen LogP contribution in [0.1, 0.15) is 36.1 Å². The number of anilines is 1. The van der Waals surface area contributed by atoms with Crippen molar-refractivity contribution in [1.82, 2.24) is 9.55 Å². The summed E-state index contributed by atoms with van der Waals surface area (Å²) in [4.78, 5) is 20.4. The van der Waals surface area contributed by atoms with E-state index in [2.05, 4.69) is 5.32 Å². The van der Waals surface area contributed by atoms with Gasteiger partial charge in [0.25, 0.3) is 5.56 Å². The molecule has 0 spiro atoms. The molecule has 0 aliphatic heterocycles. The molecule has 1 aliphatic carbocycles. The van der Waals surface area contributed by atoms with E-state index in [1.165, 1.54) is 23.3 Å². The van der Waals surface area contributed by atoms with Crippen molar-refractivity contribution in [3.05, 3.63) is 50.1 Å². The van der Waals surface area contributed by atoms with Crippen molar-refractivity contribution < 1.29 is 5.11 Å². The molecule has 5 nitrogen and oxygen atoms in total. The van der Waals surface area contributed by atoms with Crippen LogP contribution in [-0.2, 0) is 12.8 Å². The minimum absolute atomic E-state index is 0.0480. The number of nitrogens with one attached hydrogen (secondary N) is 1. The molecule has 0 amide bonds. The maximum Gasteiger partial charge on any atom is 0.268 e. The molecule has 1 aliphatic rings. The molecule has 0 radical (unpaired) electrons. The number of rotatable bonds is 5. The van der Waals surface area contributed by atoms with Crippen LogP contribution in [0.15, 0.2) is 29.1 Å². The Balaban J connectivity index is 1.94. The first-order valence-corrected chi connectivity index (χ1v) is 10.6. The van der Waals surface area contributed by atoms with Crippen molar-refractivity contribution in [1.29, 1.82) is 0 Å². The van der Waals surface area contributed by atoms with E-state index in [-0.39, 0.29) is 12.2 Å². The molecule has 0 fully saturated rings. The molecular weight excluding hydrogens is 382 g/mol. The standard InChI is InChI=1S/C20H22ClN3O2S/c21-13-6-4-7-14(12-13)24-19(26)17-15-8-2-1-3-9-16(15)27-18(17)23-20(24)22-10-5-11-25/h4,6-7,12,25H,1-3,5,8-11H2,(H,22,23). The van der Waals surface area contributed by atoms with Crippen molar-refractivity contribution in [3.63, 3.8) is 0 Å². The van der Waals surface area contributed by atoms with Crippen LogP contribution < -0.4 is 10.9 Å². The van der Waals surface area contributed by atoms with E-state index in [4.69, 9.17) is 21.7 Å². The minimum atomic E-state index is -0.0480. The molecule has 2 N–H and O–H groups in total. The lowest BCUT2D eigenvalue weighted by molar-refractivity contribution is 0.292. The lowest BCUT2D eigenvalue weighted by Crippen LogP contribution is -2.24. The van der Waals surface area contributed by atoms with Gasteiger partial charge in [-0.15, -0.1) is 11.3 Å². The largest absolute Gasteiger partial charge is 0.396 e. The highest BCUT2D eigenvalue weighted by molar-refractivity contribution is 7.18. The molecule has 0 atom stereocenters. The Bertz CT molecular complexity index is 1030. The van der Waals surface area contributed by atoms with Crippen LogP contribution >= 0.6 is 22.9 Å². The van der Waals surface area contributed by atoms with Gasteiger partial charge in [0.1, 0.15) is 4.83 Å². The molecule has 3 aromatic rings. The Kier molecular flexibility index (Phi) is 5.48. The zero-order valence-corrected chi connectivity index (χ0v) is 16.6. The van der Waals surface area contributed by atoms with Gasteiger partial charge in [0.15, 0.2) is 0 Å². The third-order valence-corrected chi connectivity index (χ3v) is 6.34. The fourth-order valence-corrected chi connectivity index (χ4v) is 5.07. The second-order valence-corrected chi connectivity index (χ2v) is 8.32. The molecule has 2 heterocycles. The number of benzene rings is 1. The average Bonchev–Trinajstić information content (AvgIpc) is 2.84. The van der Waals surface area contributed by atoms with Gasteiger partial charge in [-0.2, -0.15) is 0 Å². The van der Waals surface area contributed by atoms with Crippen LogP contribution in [-0.4, -0.2) is 27.8 Å². The molecule has 2 aromatic heterocycles. The van der Waals surface area contributed by atoms with Gasteiger partial charge < -0.3 is 10.4 Å². The Hall–Kier alpha value is -1.89. The van der Waals surface area contributed by atoms with Crippen molar-refractivity contribution in [2.45, 2.75) is 38.5 Å². The average molecular weight is 404 g/mol. The zero-order chi connectivity index (χ0) is 18.8. The number of aromatic nitrogens is 2. The summed E-state index contributed by atoms with van der Waals surface area (Å²) >= 11 is 7.82. The molecular formula is C20H22ClN3O2S. The summed E-state index contributed by atoms with van der Waals surface area (Å²) in [6.07, 6.45) is 6.05. The number of aliphatic hydroxyl groups excluding tert-OH is 1. The number of nitrogens with zero attached hydrogens (tertiary/aromatic N) is 2. The Morgan fingerprint density at radius 3 is 2.93 bits per heavy atom. The summed E-state index contributed by atoms with van der Waals surface area (Å²) in [6.45, 7) is 0.629. The van der Waals surface area contributed by atoms with E-state index in [0.717, 1.165) is 29.5 Å². The Labute approximate surface area is 166 Å². The van der Waals surface area contributed by atoms with E-state index in [0.29, 0.717) is 29.6 Å². The summed E-state index contributed by atoms with van der Waals surface area (Å²) in [5.74, 6) is 0.500. The monoisotopic (exact) mass is 403 g/mol. The van der Waals surface area contributed by atoms with Crippen LogP contribution in [0, 0.1) is 0 Å². The number of halogens is 1. The summed E-state index contributed by atoms with van der Waals surface area (Å²) < 4.78 is 1.61. The first-order chi connectivity index (χ1) is 13.2. The van der Waals surface area contributed by atoms with Crippen molar-refractivity contribution in [2.75, 3.05) is 18.5 Å². The minimum Gasteiger partial charge on any atom is -0.396 e. The normalized spacial score (nSPS) is 14.1. The van der Waals surface area contributed by atoms with E-state index in [9.17, 15) is 4.79 Å². The maximum absolute atomic E-state index is 13.5. The molecule has 27 heavy (non-hydrogen) atoms. The van der Waals surface area contributed by atoms with Gasteiger partial charge in [0, 0.05) is 23.1 Å².